The van der Waals surface area contributed by atoms with Crippen molar-refractivity contribution in [2.24, 2.45) is 7.05 Å². The number of fused-ring (bicyclic) bond motifs is 1. The van der Waals surface area contributed by atoms with Gasteiger partial charge in [-0.05, 0) is 24.3 Å². The minimum atomic E-state index is 0.699. The van der Waals surface area contributed by atoms with Gasteiger partial charge in [0, 0.05) is 24.8 Å². The zero-order chi connectivity index (χ0) is 12.5. The highest BCUT2D eigenvalue weighted by Gasteiger charge is 2.05. The molecule has 0 radical (unpaired) electrons. The number of aromatic nitrogens is 3. The van der Waals surface area contributed by atoms with Gasteiger partial charge in [-0.25, -0.2) is 0 Å². The number of nitrogens with two attached hydrogens (primary N) is 1. The molecular weight excluding hydrogens is 226 g/mol. The van der Waals surface area contributed by atoms with Crippen LogP contribution in [0.15, 0.2) is 42.9 Å². The lowest BCUT2D eigenvalue weighted by Crippen LogP contribution is -1.97. The van der Waals surface area contributed by atoms with E-state index in [0.717, 1.165) is 22.3 Å². The summed E-state index contributed by atoms with van der Waals surface area (Å²) in [5.74, 6) is 0. The summed E-state index contributed by atoms with van der Waals surface area (Å²) in [5, 5.41) is 8.31. The molecule has 2 heterocycles. The summed E-state index contributed by atoms with van der Waals surface area (Å²) in [4.78, 5) is 4.27. The van der Waals surface area contributed by atoms with E-state index in [1.54, 1.807) is 17.1 Å². The maximum absolute atomic E-state index is 6.14. The number of rotatable bonds is 2. The molecule has 5 heteroatoms. The maximum Gasteiger partial charge on any atom is 0.0770 e. The maximum atomic E-state index is 6.14. The van der Waals surface area contributed by atoms with Crippen molar-refractivity contribution >= 4 is 28.0 Å². The van der Waals surface area contributed by atoms with E-state index in [9.17, 15) is 0 Å². The van der Waals surface area contributed by atoms with Crippen LogP contribution >= 0.6 is 0 Å². The first-order valence-corrected chi connectivity index (χ1v) is 5.63. The second-order valence-corrected chi connectivity index (χ2v) is 4.12. The molecule has 0 fully saturated rings. The molecule has 1 aromatic carbocycles. The zero-order valence-corrected chi connectivity index (χ0v) is 9.96. The summed E-state index contributed by atoms with van der Waals surface area (Å²) in [6.45, 7) is 0. The SMILES string of the molecule is Cn1cc(Nc2ccc3ncccc3c2N)cn1. The van der Waals surface area contributed by atoms with Crippen LogP contribution in [0.5, 0.6) is 0 Å². The van der Waals surface area contributed by atoms with Crippen molar-refractivity contribution in [2.45, 2.75) is 0 Å². The summed E-state index contributed by atoms with van der Waals surface area (Å²) < 4.78 is 1.74. The third-order valence-corrected chi connectivity index (χ3v) is 2.81. The van der Waals surface area contributed by atoms with Crippen molar-refractivity contribution in [3.05, 3.63) is 42.9 Å². The van der Waals surface area contributed by atoms with E-state index < -0.39 is 0 Å². The Labute approximate surface area is 104 Å². The highest BCUT2D eigenvalue weighted by atomic mass is 15.3. The van der Waals surface area contributed by atoms with Crippen LogP contribution in [0.3, 0.4) is 0 Å². The Balaban J connectivity index is 2.04. The van der Waals surface area contributed by atoms with E-state index in [1.807, 2.05) is 37.5 Å². The van der Waals surface area contributed by atoms with Gasteiger partial charge < -0.3 is 11.1 Å². The summed E-state index contributed by atoms with van der Waals surface area (Å²) in [7, 11) is 1.87. The molecule has 3 rings (SSSR count). The van der Waals surface area contributed by atoms with E-state index in [4.69, 9.17) is 5.73 Å². The highest BCUT2D eigenvalue weighted by Crippen LogP contribution is 2.29. The topological polar surface area (TPSA) is 68.8 Å². The largest absolute Gasteiger partial charge is 0.396 e. The van der Waals surface area contributed by atoms with Gasteiger partial charge in [-0.2, -0.15) is 5.10 Å². The van der Waals surface area contributed by atoms with Crippen LogP contribution in [-0.2, 0) is 7.05 Å². The van der Waals surface area contributed by atoms with E-state index in [2.05, 4.69) is 15.4 Å². The molecule has 18 heavy (non-hydrogen) atoms. The fourth-order valence-electron chi connectivity index (χ4n) is 1.93. The molecule has 3 N–H and O–H groups in total. The minimum absolute atomic E-state index is 0.699. The molecule has 0 amide bonds. The summed E-state index contributed by atoms with van der Waals surface area (Å²) in [5.41, 5.74) is 9.51. The molecular formula is C13H13N5. The number of pyridine rings is 1. The first kappa shape index (κ1) is 10.6. The van der Waals surface area contributed by atoms with Gasteiger partial charge in [0.05, 0.1) is 28.8 Å². The fourth-order valence-corrected chi connectivity index (χ4v) is 1.93. The van der Waals surface area contributed by atoms with Gasteiger partial charge in [0.25, 0.3) is 0 Å². The Hall–Kier alpha value is -2.56. The van der Waals surface area contributed by atoms with Crippen molar-refractivity contribution in [1.82, 2.24) is 14.8 Å². The summed E-state index contributed by atoms with van der Waals surface area (Å²) in [6.07, 6.45) is 5.41. The fraction of sp³-hybridized carbons (Fsp3) is 0.0769. The molecule has 0 aliphatic carbocycles. The van der Waals surface area contributed by atoms with Crippen LogP contribution in [0.2, 0.25) is 0 Å². The number of benzene rings is 1. The van der Waals surface area contributed by atoms with Gasteiger partial charge in [0.15, 0.2) is 0 Å². The average Bonchev–Trinajstić information content (AvgIpc) is 2.79. The Morgan fingerprint density at radius 3 is 2.94 bits per heavy atom. The molecule has 0 bridgehead atoms. The van der Waals surface area contributed by atoms with E-state index >= 15 is 0 Å². The Kier molecular flexibility index (Phi) is 2.37. The van der Waals surface area contributed by atoms with Gasteiger partial charge in [-0.3, -0.25) is 9.67 Å². The number of nitrogens with zero attached hydrogens (tertiary/aromatic N) is 3. The highest BCUT2D eigenvalue weighted by molar-refractivity contribution is 5.97. The van der Waals surface area contributed by atoms with E-state index in [-0.39, 0.29) is 0 Å². The Morgan fingerprint density at radius 2 is 2.17 bits per heavy atom. The standard InChI is InChI=1S/C13H13N5/c1-18-8-9(7-16-18)17-12-5-4-11-10(13(12)14)3-2-6-15-11/h2-8,17H,14H2,1H3. The quantitative estimate of drug-likeness (QED) is 0.673. The predicted molar refractivity (Wildman–Crippen MR) is 72.6 cm³/mol. The van der Waals surface area contributed by atoms with Crippen LogP contribution in [0.1, 0.15) is 0 Å². The lowest BCUT2D eigenvalue weighted by Gasteiger charge is -2.09. The monoisotopic (exact) mass is 239 g/mol. The number of hydrogen-bond acceptors (Lipinski definition) is 4. The first-order chi connectivity index (χ1) is 8.74. The third kappa shape index (κ3) is 1.75. The molecule has 0 aliphatic rings. The van der Waals surface area contributed by atoms with Crippen molar-refractivity contribution in [3.63, 3.8) is 0 Å². The molecule has 0 saturated carbocycles. The molecule has 0 unspecified atom stereocenters. The first-order valence-electron chi connectivity index (χ1n) is 5.63. The van der Waals surface area contributed by atoms with Crippen molar-refractivity contribution in [1.29, 1.82) is 0 Å². The van der Waals surface area contributed by atoms with Crippen LogP contribution in [-0.4, -0.2) is 14.8 Å². The second-order valence-electron chi connectivity index (χ2n) is 4.12. The zero-order valence-electron chi connectivity index (χ0n) is 9.96. The lowest BCUT2D eigenvalue weighted by atomic mass is 10.1. The molecule has 0 aliphatic heterocycles. The summed E-state index contributed by atoms with van der Waals surface area (Å²) in [6, 6.07) is 7.72. The smallest absolute Gasteiger partial charge is 0.0770 e. The third-order valence-electron chi connectivity index (χ3n) is 2.81. The van der Waals surface area contributed by atoms with Crippen LogP contribution in [0.4, 0.5) is 17.1 Å². The number of hydrogen-bond donors (Lipinski definition) is 2. The number of anilines is 3. The number of nitrogen functional groups attached to an aromatic ring is 1. The number of nitrogens with one attached hydrogen (secondary N) is 1. The van der Waals surface area contributed by atoms with E-state index in [0.29, 0.717) is 5.69 Å². The second kappa shape index (κ2) is 4.03. The van der Waals surface area contributed by atoms with Gasteiger partial charge in [-0.1, -0.05) is 0 Å². The molecule has 0 spiro atoms. The number of aryl methyl sites for hydroxylation is 1. The van der Waals surface area contributed by atoms with Crippen molar-refractivity contribution < 1.29 is 0 Å². The van der Waals surface area contributed by atoms with Crippen molar-refractivity contribution in [3.8, 4) is 0 Å². The van der Waals surface area contributed by atoms with Crippen molar-refractivity contribution in [2.75, 3.05) is 11.1 Å². The minimum Gasteiger partial charge on any atom is -0.396 e. The molecule has 2 aromatic heterocycles. The normalized spacial score (nSPS) is 10.7. The van der Waals surface area contributed by atoms with Crippen LogP contribution in [0.25, 0.3) is 10.9 Å². The summed E-state index contributed by atoms with van der Waals surface area (Å²) >= 11 is 0. The molecule has 5 nitrogen and oxygen atoms in total. The van der Waals surface area contributed by atoms with E-state index in [1.165, 1.54) is 0 Å². The Morgan fingerprint density at radius 1 is 1.28 bits per heavy atom. The van der Waals surface area contributed by atoms with Gasteiger partial charge in [0.1, 0.15) is 0 Å². The molecule has 90 valence electrons. The molecule has 0 atom stereocenters. The molecule has 3 aromatic rings. The van der Waals surface area contributed by atoms with Crippen LogP contribution in [0, 0.1) is 0 Å². The van der Waals surface area contributed by atoms with Gasteiger partial charge in [0.2, 0.25) is 0 Å². The van der Waals surface area contributed by atoms with Gasteiger partial charge >= 0.3 is 0 Å². The van der Waals surface area contributed by atoms with Gasteiger partial charge in [-0.15, -0.1) is 0 Å². The Bertz CT molecular complexity index is 701. The molecule has 0 saturated heterocycles. The average molecular weight is 239 g/mol. The lowest BCUT2D eigenvalue weighted by molar-refractivity contribution is 0.768. The predicted octanol–water partition coefficient (Wildman–Crippen LogP) is 2.29. The van der Waals surface area contributed by atoms with Crippen LogP contribution < -0.4 is 11.1 Å².